The number of para-hydroxylation sites is 1. The molecular weight excluding hydrogens is 270 g/mol. The van der Waals surface area contributed by atoms with Gasteiger partial charge in [-0.05, 0) is 18.6 Å². The third-order valence-electron chi connectivity index (χ3n) is 3.41. The Kier molecular flexibility index (Phi) is 3.17. The first-order valence-electron chi connectivity index (χ1n) is 6.67. The second-order valence-corrected chi connectivity index (χ2v) is 4.85. The van der Waals surface area contributed by atoms with Gasteiger partial charge in [0.1, 0.15) is 11.0 Å². The number of carbonyl (C=O) groups is 1. The van der Waals surface area contributed by atoms with Crippen LogP contribution in [0.3, 0.4) is 0 Å². The minimum atomic E-state index is -0.981. The molecule has 0 spiro atoms. The molecule has 1 aromatic carbocycles. The monoisotopic (exact) mass is 285 g/mol. The maximum atomic E-state index is 11.4. The van der Waals surface area contributed by atoms with E-state index in [1.54, 1.807) is 27.6 Å². The van der Waals surface area contributed by atoms with Crippen LogP contribution in [0.1, 0.15) is 28.5 Å². The first-order chi connectivity index (χ1) is 10.1. The van der Waals surface area contributed by atoms with E-state index in [0.29, 0.717) is 17.6 Å². The largest absolute Gasteiger partial charge is 0.478 e. The van der Waals surface area contributed by atoms with Crippen molar-refractivity contribution in [2.45, 2.75) is 19.9 Å². The normalized spacial score (nSPS) is 11.1. The van der Waals surface area contributed by atoms with Gasteiger partial charge < -0.3 is 5.11 Å². The topological polar surface area (TPSA) is 85.8 Å². The van der Waals surface area contributed by atoms with Crippen molar-refractivity contribution >= 4 is 17.0 Å². The predicted molar refractivity (Wildman–Crippen MR) is 76.2 cm³/mol. The molecule has 0 atom stereocenters. The molecule has 2 aromatic heterocycles. The van der Waals surface area contributed by atoms with Crippen molar-refractivity contribution in [1.29, 1.82) is 0 Å². The molecule has 0 saturated carbocycles. The van der Waals surface area contributed by atoms with Crippen LogP contribution in [-0.2, 0) is 20.0 Å². The first kappa shape index (κ1) is 13.3. The maximum absolute atomic E-state index is 11.4. The number of nitrogens with zero attached hydrogens (tertiary/aromatic N) is 5. The summed E-state index contributed by atoms with van der Waals surface area (Å²) in [4.78, 5) is 11.4. The molecule has 0 radical (unpaired) electrons. The molecule has 2 heterocycles. The number of hydrogen-bond donors (Lipinski definition) is 1. The highest BCUT2D eigenvalue weighted by Crippen LogP contribution is 2.19. The van der Waals surface area contributed by atoms with E-state index in [0.717, 1.165) is 17.7 Å². The van der Waals surface area contributed by atoms with Crippen molar-refractivity contribution in [2.75, 3.05) is 0 Å². The molecule has 3 aromatic rings. The standard InChI is InChI=1S/C14H15N5O2/c1-3-11-9(7-18(2)16-11)8-19-13-10(14(20)21)5-4-6-12(13)15-17-19/h4-7H,3,8H2,1-2H3,(H,20,21). The molecule has 0 amide bonds. The van der Waals surface area contributed by atoms with Crippen LogP contribution < -0.4 is 0 Å². The van der Waals surface area contributed by atoms with Gasteiger partial charge in [-0.15, -0.1) is 5.10 Å². The molecular formula is C14H15N5O2. The Hall–Kier alpha value is -2.70. The highest BCUT2D eigenvalue weighted by atomic mass is 16.4. The SMILES string of the molecule is CCc1nn(C)cc1Cn1nnc2cccc(C(=O)O)c21. The summed E-state index contributed by atoms with van der Waals surface area (Å²) >= 11 is 0. The smallest absolute Gasteiger partial charge is 0.337 e. The first-order valence-corrected chi connectivity index (χ1v) is 6.67. The molecule has 7 nitrogen and oxygen atoms in total. The van der Waals surface area contributed by atoms with Crippen LogP contribution in [0.2, 0.25) is 0 Å². The predicted octanol–water partition coefficient (Wildman–Crippen LogP) is 1.47. The molecule has 0 saturated heterocycles. The zero-order chi connectivity index (χ0) is 15.0. The number of fused-ring (bicyclic) bond motifs is 1. The van der Waals surface area contributed by atoms with Gasteiger partial charge in [0.2, 0.25) is 0 Å². The molecule has 108 valence electrons. The third kappa shape index (κ3) is 2.26. The number of carboxylic acid groups (broad SMARTS) is 1. The molecule has 1 N–H and O–H groups in total. The Balaban J connectivity index is 2.10. The summed E-state index contributed by atoms with van der Waals surface area (Å²) in [6, 6.07) is 5.00. The van der Waals surface area contributed by atoms with Gasteiger partial charge in [0, 0.05) is 18.8 Å². The number of carboxylic acids is 1. The fourth-order valence-electron chi connectivity index (χ4n) is 2.49. The summed E-state index contributed by atoms with van der Waals surface area (Å²) in [5, 5.41) is 21.8. The van der Waals surface area contributed by atoms with Crippen molar-refractivity contribution in [1.82, 2.24) is 24.8 Å². The quantitative estimate of drug-likeness (QED) is 0.784. The maximum Gasteiger partial charge on any atom is 0.337 e. The summed E-state index contributed by atoms with van der Waals surface area (Å²) in [6.45, 7) is 2.49. The van der Waals surface area contributed by atoms with Crippen LogP contribution in [0.5, 0.6) is 0 Å². The number of aromatic carboxylic acids is 1. The van der Waals surface area contributed by atoms with Gasteiger partial charge in [-0.3, -0.25) is 4.68 Å². The summed E-state index contributed by atoms with van der Waals surface area (Å²) in [5.74, 6) is -0.981. The van der Waals surface area contributed by atoms with Crippen molar-refractivity contribution in [2.24, 2.45) is 7.05 Å². The minimum Gasteiger partial charge on any atom is -0.478 e. The zero-order valence-corrected chi connectivity index (χ0v) is 11.8. The highest BCUT2D eigenvalue weighted by molar-refractivity contribution is 6.00. The van der Waals surface area contributed by atoms with Crippen LogP contribution >= 0.6 is 0 Å². The highest BCUT2D eigenvalue weighted by Gasteiger charge is 2.16. The number of aromatic nitrogens is 5. The zero-order valence-electron chi connectivity index (χ0n) is 11.8. The van der Waals surface area contributed by atoms with Crippen LogP contribution in [0.4, 0.5) is 0 Å². The molecule has 0 aliphatic rings. The van der Waals surface area contributed by atoms with Crippen LogP contribution in [0.25, 0.3) is 11.0 Å². The van der Waals surface area contributed by atoms with Gasteiger partial charge >= 0.3 is 5.97 Å². The van der Waals surface area contributed by atoms with Gasteiger partial charge in [0.05, 0.1) is 17.8 Å². The van der Waals surface area contributed by atoms with Gasteiger partial charge in [0.15, 0.2) is 0 Å². The lowest BCUT2D eigenvalue weighted by Gasteiger charge is -2.04. The van der Waals surface area contributed by atoms with E-state index in [4.69, 9.17) is 0 Å². The Morgan fingerprint density at radius 3 is 2.90 bits per heavy atom. The number of rotatable bonds is 4. The minimum absolute atomic E-state index is 0.208. The average molecular weight is 285 g/mol. The molecule has 0 fully saturated rings. The van der Waals surface area contributed by atoms with Gasteiger partial charge in [-0.2, -0.15) is 5.10 Å². The van der Waals surface area contributed by atoms with E-state index in [9.17, 15) is 9.90 Å². The Morgan fingerprint density at radius 1 is 1.38 bits per heavy atom. The average Bonchev–Trinajstić information content (AvgIpc) is 3.02. The number of hydrogen-bond acceptors (Lipinski definition) is 4. The van der Waals surface area contributed by atoms with E-state index < -0.39 is 5.97 Å². The lowest BCUT2D eigenvalue weighted by atomic mass is 10.1. The Morgan fingerprint density at radius 2 is 2.19 bits per heavy atom. The summed E-state index contributed by atoms with van der Waals surface area (Å²) < 4.78 is 3.38. The third-order valence-corrected chi connectivity index (χ3v) is 3.41. The lowest BCUT2D eigenvalue weighted by Crippen LogP contribution is -2.07. The molecule has 21 heavy (non-hydrogen) atoms. The van der Waals surface area contributed by atoms with E-state index in [1.165, 1.54) is 0 Å². The van der Waals surface area contributed by atoms with Crippen molar-refractivity contribution in [3.63, 3.8) is 0 Å². The van der Waals surface area contributed by atoms with E-state index >= 15 is 0 Å². The van der Waals surface area contributed by atoms with E-state index in [-0.39, 0.29) is 5.56 Å². The second kappa shape index (κ2) is 5.01. The van der Waals surface area contributed by atoms with Gasteiger partial charge in [-0.25, -0.2) is 9.48 Å². The number of benzene rings is 1. The summed E-state index contributed by atoms with van der Waals surface area (Å²) in [7, 11) is 1.87. The summed E-state index contributed by atoms with van der Waals surface area (Å²) in [5.41, 5.74) is 3.33. The lowest BCUT2D eigenvalue weighted by molar-refractivity contribution is 0.0698. The van der Waals surface area contributed by atoms with Crippen LogP contribution in [0.15, 0.2) is 24.4 Å². The fraction of sp³-hybridized carbons (Fsp3) is 0.286. The van der Waals surface area contributed by atoms with Crippen molar-refractivity contribution in [3.05, 3.63) is 41.2 Å². The van der Waals surface area contributed by atoms with Crippen LogP contribution in [0, 0.1) is 0 Å². The van der Waals surface area contributed by atoms with Crippen molar-refractivity contribution in [3.8, 4) is 0 Å². The van der Waals surface area contributed by atoms with Gasteiger partial charge in [0.25, 0.3) is 0 Å². The molecule has 0 bridgehead atoms. The second-order valence-electron chi connectivity index (χ2n) is 4.85. The number of aryl methyl sites for hydroxylation is 2. The molecule has 0 unspecified atom stereocenters. The van der Waals surface area contributed by atoms with E-state index in [2.05, 4.69) is 15.4 Å². The molecule has 0 aliphatic carbocycles. The van der Waals surface area contributed by atoms with Crippen molar-refractivity contribution < 1.29 is 9.90 Å². The summed E-state index contributed by atoms with van der Waals surface area (Å²) in [6.07, 6.45) is 2.74. The fourth-order valence-corrected chi connectivity index (χ4v) is 2.49. The van der Waals surface area contributed by atoms with Gasteiger partial charge in [-0.1, -0.05) is 18.2 Å². The molecule has 7 heteroatoms. The molecule has 3 rings (SSSR count). The Labute approximate surface area is 120 Å². The van der Waals surface area contributed by atoms with Crippen LogP contribution in [-0.4, -0.2) is 35.9 Å². The molecule has 0 aliphatic heterocycles. The Bertz CT molecular complexity index is 818. The van der Waals surface area contributed by atoms with E-state index in [1.807, 2.05) is 20.2 Å².